The molecule has 0 aliphatic heterocycles. The topological polar surface area (TPSA) is 0 Å². The molecule has 0 spiro atoms. The van der Waals surface area contributed by atoms with Gasteiger partial charge in [-0.05, 0) is 32.3 Å². The zero-order valence-corrected chi connectivity index (χ0v) is 8.34. The molecule has 0 saturated heterocycles. The molecule has 0 aromatic rings. The summed E-state index contributed by atoms with van der Waals surface area (Å²) in [6, 6.07) is 0. The van der Waals surface area contributed by atoms with Crippen molar-refractivity contribution in [3.05, 3.63) is 0 Å². The summed E-state index contributed by atoms with van der Waals surface area (Å²) in [4.78, 5) is 0. The van der Waals surface area contributed by atoms with Crippen LogP contribution < -0.4 is 0 Å². The number of rotatable bonds is 4. The molecule has 0 fully saturated rings. The fourth-order valence-corrected chi connectivity index (χ4v) is 2.22. The Hall–Kier alpha value is 0.280. The number of thiol groups is 1. The van der Waals surface area contributed by atoms with E-state index in [9.17, 15) is 4.39 Å². The van der Waals surface area contributed by atoms with E-state index >= 15 is 0 Å². The van der Waals surface area contributed by atoms with Gasteiger partial charge in [-0.1, -0.05) is 6.92 Å². The highest BCUT2D eigenvalue weighted by Crippen LogP contribution is 2.38. The van der Waals surface area contributed by atoms with Crippen molar-refractivity contribution in [2.45, 2.75) is 31.9 Å². The Morgan fingerprint density at radius 3 is 2.20 bits per heavy atom. The third kappa shape index (κ3) is 2.91. The largest absolute Gasteiger partial charge is 0.250 e. The Labute approximate surface area is 66.6 Å². The molecule has 1 atom stereocenters. The Bertz CT molecular complexity index is 91.3. The smallest absolute Gasteiger partial charge is 0.102 e. The minimum Gasteiger partial charge on any atom is -0.250 e. The molecule has 0 bridgehead atoms. The van der Waals surface area contributed by atoms with Gasteiger partial charge in [-0.3, -0.25) is 0 Å². The van der Waals surface area contributed by atoms with E-state index in [2.05, 4.69) is 13.2 Å². The van der Waals surface area contributed by atoms with Crippen molar-refractivity contribution in [1.29, 1.82) is 0 Å². The molecule has 0 aliphatic rings. The monoisotopic (exact) mass is 166 g/mol. The first-order valence-corrected chi connectivity index (χ1v) is 5.79. The molecule has 0 aromatic carbocycles. The number of hydrogen-bond acceptors (Lipinski definition) is 0. The van der Waals surface area contributed by atoms with Crippen molar-refractivity contribution >= 4 is 10.9 Å². The minimum absolute atomic E-state index is 0.0503. The maximum absolute atomic E-state index is 12.4. The van der Waals surface area contributed by atoms with Crippen molar-refractivity contribution in [2.24, 2.45) is 0 Å². The minimum atomic E-state index is -0.171. The highest BCUT2D eigenvalue weighted by molar-refractivity contribution is 8.17. The molecule has 10 heavy (non-hydrogen) atoms. The van der Waals surface area contributed by atoms with Gasteiger partial charge in [0.25, 0.3) is 0 Å². The summed E-state index contributed by atoms with van der Waals surface area (Å²) in [5.74, 6) is 1.20. The van der Waals surface area contributed by atoms with E-state index in [0.717, 1.165) is 0 Å². The van der Waals surface area contributed by atoms with Gasteiger partial charge in [-0.2, -0.15) is 0 Å². The quantitative estimate of drug-likeness (QED) is 0.610. The lowest BCUT2D eigenvalue weighted by atomic mass is 10.2. The second kappa shape index (κ2) is 4.22. The van der Waals surface area contributed by atoms with E-state index in [1.54, 1.807) is 0 Å². The van der Waals surface area contributed by atoms with Gasteiger partial charge in [-0.25, -0.2) is 15.3 Å². The zero-order chi connectivity index (χ0) is 8.20. The molecule has 0 amide bonds. The van der Waals surface area contributed by atoms with Crippen molar-refractivity contribution < 1.29 is 4.39 Å². The third-order valence-electron chi connectivity index (χ3n) is 1.92. The van der Waals surface area contributed by atoms with E-state index in [-0.39, 0.29) is 22.3 Å². The Kier molecular flexibility index (Phi) is 4.34. The SMILES string of the molecule is CCC[SH](C)C(C)(C)CF. The van der Waals surface area contributed by atoms with Crippen LogP contribution in [0.3, 0.4) is 0 Å². The molecule has 64 valence electrons. The molecular formula is C8H19FS. The maximum atomic E-state index is 12.4. The van der Waals surface area contributed by atoms with Gasteiger partial charge in [0.1, 0.15) is 6.67 Å². The zero-order valence-electron chi connectivity index (χ0n) is 7.45. The van der Waals surface area contributed by atoms with Crippen LogP contribution in [0.25, 0.3) is 0 Å². The van der Waals surface area contributed by atoms with Gasteiger partial charge in [0.15, 0.2) is 0 Å². The average Bonchev–Trinajstić information content (AvgIpc) is 1.89. The molecule has 0 saturated carbocycles. The second-order valence-corrected chi connectivity index (χ2v) is 6.42. The van der Waals surface area contributed by atoms with Crippen molar-refractivity contribution in [2.75, 3.05) is 18.7 Å². The van der Waals surface area contributed by atoms with Gasteiger partial charge < -0.3 is 0 Å². The van der Waals surface area contributed by atoms with Crippen LogP contribution in [0, 0.1) is 0 Å². The fraction of sp³-hybridized carbons (Fsp3) is 1.00. The predicted octanol–water partition coefficient (Wildman–Crippen LogP) is 2.78. The molecule has 1 unspecified atom stereocenters. The average molecular weight is 166 g/mol. The highest BCUT2D eigenvalue weighted by atomic mass is 32.2. The predicted molar refractivity (Wildman–Crippen MR) is 50.1 cm³/mol. The van der Waals surface area contributed by atoms with Crippen LogP contribution in [0.15, 0.2) is 0 Å². The summed E-state index contributed by atoms with van der Waals surface area (Å²) in [5, 5.41) is 0. The van der Waals surface area contributed by atoms with Crippen LogP contribution >= 0.6 is 10.9 Å². The first-order chi connectivity index (χ1) is 4.54. The fourth-order valence-electron chi connectivity index (χ4n) is 0.740. The van der Waals surface area contributed by atoms with Crippen LogP contribution in [-0.2, 0) is 0 Å². The van der Waals surface area contributed by atoms with Gasteiger partial charge in [0.2, 0.25) is 0 Å². The highest BCUT2D eigenvalue weighted by Gasteiger charge is 2.21. The molecule has 0 aliphatic carbocycles. The van der Waals surface area contributed by atoms with E-state index in [1.165, 1.54) is 12.2 Å². The lowest BCUT2D eigenvalue weighted by Gasteiger charge is -2.32. The van der Waals surface area contributed by atoms with Crippen molar-refractivity contribution in [3.8, 4) is 0 Å². The van der Waals surface area contributed by atoms with Crippen molar-refractivity contribution in [1.82, 2.24) is 0 Å². The second-order valence-electron chi connectivity index (χ2n) is 3.37. The van der Waals surface area contributed by atoms with E-state index in [4.69, 9.17) is 0 Å². The van der Waals surface area contributed by atoms with Crippen LogP contribution in [0.5, 0.6) is 0 Å². The maximum Gasteiger partial charge on any atom is 0.102 e. The Balaban J connectivity index is 3.78. The summed E-state index contributed by atoms with van der Waals surface area (Å²) < 4.78 is 12.3. The van der Waals surface area contributed by atoms with Gasteiger partial charge in [0, 0.05) is 4.75 Å². The van der Waals surface area contributed by atoms with Crippen molar-refractivity contribution in [3.63, 3.8) is 0 Å². The molecule has 0 aromatic heterocycles. The summed E-state index contributed by atoms with van der Waals surface area (Å²) in [7, 11) is -0.0990. The number of halogens is 1. The molecule has 0 N–H and O–H groups in total. The van der Waals surface area contributed by atoms with Gasteiger partial charge in [0.05, 0.1) is 0 Å². The van der Waals surface area contributed by atoms with Gasteiger partial charge >= 0.3 is 0 Å². The molecular weight excluding hydrogens is 147 g/mol. The first-order valence-electron chi connectivity index (χ1n) is 3.81. The van der Waals surface area contributed by atoms with Gasteiger partial charge in [-0.15, -0.1) is 0 Å². The third-order valence-corrected chi connectivity index (χ3v) is 5.22. The summed E-state index contributed by atoms with van der Waals surface area (Å²) >= 11 is 0. The van der Waals surface area contributed by atoms with Crippen LogP contribution in [-0.4, -0.2) is 23.4 Å². The molecule has 0 nitrogen and oxygen atoms in total. The lowest BCUT2D eigenvalue weighted by Crippen LogP contribution is -2.23. The molecule has 2 heteroatoms. The van der Waals surface area contributed by atoms with Crippen LogP contribution in [0.2, 0.25) is 0 Å². The Morgan fingerprint density at radius 2 is 1.90 bits per heavy atom. The van der Waals surface area contributed by atoms with E-state index in [1.807, 2.05) is 13.8 Å². The lowest BCUT2D eigenvalue weighted by molar-refractivity contribution is 0.430. The Morgan fingerprint density at radius 1 is 1.40 bits per heavy atom. The summed E-state index contributed by atoms with van der Waals surface area (Å²) in [6.45, 7) is 6.03. The summed E-state index contributed by atoms with van der Waals surface area (Å²) in [6.07, 6.45) is 3.38. The first kappa shape index (κ1) is 10.3. The normalized spacial score (nSPS) is 17.1. The van der Waals surface area contributed by atoms with E-state index in [0.29, 0.717) is 0 Å². The molecule has 0 radical (unpaired) electrons. The number of alkyl halides is 1. The van der Waals surface area contributed by atoms with Crippen LogP contribution in [0.1, 0.15) is 27.2 Å². The number of hydrogen-bond donors (Lipinski definition) is 1. The standard InChI is InChI=1S/C8H19FS/c1-5-6-10(4)8(2,3)7-9/h10H,5-7H2,1-4H3. The molecule has 0 heterocycles. The van der Waals surface area contributed by atoms with Crippen LogP contribution in [0.4, 0.5) is 4.39 Å². The summed E-state index contributed by atoms with van der Waals surface area (Å²) in [5.41, 5.74) is 0. The van der Waals surface area contributed by atoms with E-state index < -0.39 is 0 Å². The molecule has 0 rings (SSSR count).